The minimum atomic E-state index is 0.221. The number of phenols is 1. The molecule has 1 aliphatic rings. The third kappa shape index (κ3) is 4.11. The highest BCUT2D eigenvalue weighted by atomic mass is 32.9. The fourth-order valence-corrected chi connectivity index (χ4v) is 5.92. The summed E-state index contributed by atoms with van der Waals surface area (Å²) in [5.74, 6) is 0.547. The van der Waals surface area contributed by atoms with Gasteiger partial charge in [0.15, 0.2) is 0 Å². The van der Waals surface area contributed by atoms with Crippen LogP contribution in [0.15, 0.2) is 18.2 Å². The quantitative estimate of drug-likeness (QED) is 0.621. The molecule has 1 amide bonds. The zero-order valence-corrected chi connectivity index (χ0v) is 16.9. The van der Waals surface area contributed by atoms with Crippen LogP contribution in [0.3, 0.4) is 0 Å². The van der Waals surface area contributed by atoms with E-state index < -0.39 is 0 Å². The molecular weight excluding hydrogens is 372 g/mol. The summed E-state index contributed by atoms with van der Waals surface area (Å²) in [6.07, 6.45) is 0.564. The number of hydrogen-bond acceptors (Lipinski definition) is 6. The lowest BCUT2D eigenvalue weighted by Gasteiger charge is -2.34. The highest BCUT2D eigenvalue weighted by Crippen LogP contribution is 2.36. The maximum atomic E-state index is 11.8. The maximum Gasteiger partial charge on any atom is 0.222 e. The number of nitrogens with zero attached hydrogens (tertiary/aromatic N) is 2. The van der Waals surface area contributed by atoms with Crippen LogP contribution in [0.2, 0.25) is 0 Å². The second kappa shape index (κ2) is 7.95. The second-order valence-electron chi connectivity index (χ2n) is 6.26. The molecule has 1 aliphatic heterocycles. The van der Waals surface area contributed by atoms with Crippen LogP contribution >= 0.6 is 32.9 Å². The molecule has 0 bridgehead atoms. The average molecular weight is 395 g/mol. The molecule has 0 aliphatic carbocycles. The number of amides is 1. The van der Waals surface area contributed by atoms with E-state index in [2.05, 4.69) is 17.9 Å². The number of carbonyl (C=O) groups excluding carboxylic acids is 1. The van der Waals surface area contributed by atoms with Crippen LogP contribution in [0, 0.1) is 10.7 Å². The first-order chi connectivity index (χ1) is 12.0. The standard InChI is InChI=1S/C18H22N2O2S3/c1-3-16(22)20-8-6-19(7-9-20)11-14-10-13(4-5-15(14)21)17-12(2)18(23)25-24-17/h4-5,10,21H,3,6-9,11H2,1-2H3. The van der Waals surface area contributed by atoms with Gasteiger partial charge in [-0.25, -0.2) is 0 Å². The summed E-state index contributed by atoms with van der Waals surface area (Å²) >= 11 is 5.34. The summed E-state index contributed by atoms with van der Waals surface area (Å²) in [6, 6.07) is 5.80. The fraction of sp³-hybridized carbons (Fsp3) is 0.444. The predicted molar refractivity (Wildman–Crippen MR) is 107 cm³/mol. The Morgan fingerprint density at radius 3 is 2.56 bits per heavy atom. The summed E-state index contributed by atoms with van der Waals surface area (Å²) in [5.41, 5.74) is 3.19. The van der Waals surface area contributed by atoms with Gasteiger partial charge >= 0.3 is 0 Å². The van der Waals surface area contributed by atoms with Crippen molar-refractivity contribution >= 4 is 38.8 Å². The Kier molecular flexibility index (Phi) is 5.89. The molecule has 134 valence electrons. The van der Waals surface area contributed by atoms with E-state index in [4.69, 9.17) is 12.2 Å². The second-order valence-corrected chi connectivity index (χ2v) is 9.08. The van der Waals surface area contributed by atoms with Crippen LogP contribution in [0.25, 0.3) is 10.4 Å². The summed E-state index contributed by atoms with van der Waals surface area (Å²) in [7, 11) is 3.32. The maximum absolute atomic E-state index is 11.8. The lowest BCUT2D eigenvalue weighted by atomic mass is 10.1. The average Bonchev–Trinajstić information content (AvgIpc) is 2.96. The molecule has 4 nitrogen and oxygen atoms in total. The Balaban J connectivity index is 1.73. The molecule has 2 aromatic rings. The summed E-state index contributed by atoms with van der Waals surface area (Å²) in [6.45, 7) is 7.86. The van der Waals surface area contributed by atoms with Gasteiger partial charge in [-0.1, -0.05) is 39.8 Å². The molecule has 0 radical (unpaired) electrons. The first-order valence-electron chi connectivity index (χ1n) is 8.41. The van der Waals surface area contributed by atoms with E-state index in [9.17, 15) is 9.90 Å². The molecule has 25 heavy (non-hydrogen) atoms. The highest BCUT2D eigenvalue weighted by molar-refractivity contribution is 7.80. The molecule has 1 aromatic carbocycles. The van der Waals surface area contributed by atoms with E-state index >= 15 is 0 Å². The number of phenolic OH excluding ortho intramolecular Hbond substituents is 1. The number of aromatic hydroxyl groups is 1. The molecule has 0 spiro atoms. The van der Waals surface area contributed by atoms with Crippen molar-refractivity contribution < 1.29 is 9.90 Å². The lowest BCUT2D eigenvalue weighted by Crippen LogP contribution is -2.48. The lowest BCUT2D eigenvalue weighted by molar-refractivity contribution is -0.132. The normalized spacial score (nSPS) is 15.5. The SMILES string of the molecule is CCC(=O)N1CCN(Cc2cc(-c3ssc(=S)c3C)ccc2O)CC1. The molecule has 2 heterocycles. The van der Waals surface area contributed by atoms with Crippen LogP contribution in [0.4, 0.5) is 0 Å². The zero-order chi connectivity index (χ0) is 18.0. The Morgan fingerprint density at radius 2 is 1.96 bits per heavy atom. The van der Waals surface area contributed by atoms with Crippen molar-refractivity contribution in [1.29, 1.82) is 0 Å². The minimum absolute atomic E-state index is 0.221. The molecular formula is C18H22N2O2S3. The monoisotopic (exact) mass is 394 g/mol. The van der Waals surface area contributed by atoms with Gasteiger partial charge in [-0.05, 0) is 36.2 Å². The molecule has 1 fully saturated rings. The molecule has 1 N–H and O–H groups in total. The predicted octanol–water partition coefficient (Wildman–Crippen LogP) is 4.27. The van der Waals surface area contributed by atoms with Crippen LogP contribution in [0.5, 0.6) is 5.75 Å². The molecule has 0 atom stereocenters. The van der Waals surface area contributed by atoms with E-state index in [0.717, 1.165) is 46.7 Å². The van der Waals surface area contributed by atoms with Crippen LogP contribution in [-0.4, -0.2) is 47.0 Å². The van der Waals surface area contributed by atoms with Crippen molar-refractivity contribution in [1.82, 2.24) is 9.80 Å². The van der Waals surface area contributed by atoms with Crippen molar-refractivity contribution in [2.24, 2.45) is 0 Å². The van der Waals surface area contributed by atoms with Crippen molar-refractivity contribution in [2.45, 2.75) is 26.8 Å². The van der Waals surface area contributed by atoms with E-state index in [-0.39, 0.29) is 5.91 Å². The van der Waals surface area contributed by atoms with E-state index in [0.29, 0.717) is 18.7 Å². The summed E-state index contributed by atoms with van der Waals surface area (Å²) in [4.78, 5) is 17.2. The number of carbonyl (C=O) groups is 1. The Hall–Kier alpha value is -1.28. The van der Waals surface area contributed by atoms with Gasteiger partial charge in [-0.2, -0.15) is 0 Å². The molecule has 0 unspecified atom stereocenters. The van der Waals surface area contributed by atoms with E-state index in [1.54, 1.807) is 26.7 Å². The van der Waals surface area contributed by atoms with Crippen molar-refractivity contribution in [3.05, 3.63) is 33.1 Å². The van der Waals surface area contributed by atoms with Gasteiger partial charge in [-0.3, -0.25) is 9.69 Å². The third-order valence-corrected chi connectivity index (χ3v) is 7.98. The van der Waals surface area contributed by atoms with Crippen molar-refractivity contribution in [3.8, 4) is 16.2 Å². The topological polar surface area (TPSA) is 43.8 Å². The Bertz CT molecular complexity index is 820. The highest BCUT2D eigenvalue weighted by Gasteiger charge is 2.21. The van der Waals surface area contributed by atoms with Crippen LogP contribution in [-0.2, 0) is 11.3 Å². The van der Waals surface area contributed by atoms with E-state index in [1.807, 2.05) is 17.9 Å². The van der Waals surface area contributed by atoms with E-state index in [1.165, 1.54) is 4.88 Å². The molecule has 0 saturated carbocycles. The molecule has 7 heteroatoms. The van der Waals surface area contributed by atoms with Gasteiger partial charge < -0.3 is 10.0 Å². The smallest absolute Gasteiger partial charge is 0.222 e. The third-order valence-electron chi connectivity index (χ3n) is 4.61. The van der Waals surface area contributed by atoms with Crippen molar-refractivity contribution in [3.63, 3.8) is 0 Å². The summed E-state index contributed by atoms with van der Waals surface area (Å²) in [5, 5.41) is 10.3. The first kappa shape index (κ1) is 18.5. The zero-order valence-electron chi connectivity index (χ0n) is 14.4. The van der Waals surface area contributed by atoms with Gasteiger partial charge in [0.25, 0.3) is 0 Å². The summed E-state index contributed by atoms with van der Waals surface area (Å²) < 4.78 is 0.936. The Labute approximate surface area is 160 Å². The van der Waals surface area contributed by atoms with Crippen LogP contribution in [0.1, 0.15) is 24.5 Å². The van der Waals surface area contributed by atoms with Gasteiger partial charge in [0, 0.05) is 44.7 Å². The number of rotatable bonds is 4. The molecule has 3 rings (SSSR count). The van der Waals surface area contributed by atoms with Gasteiger partial charge in [0.2, 0.25) is 5.91 Å². The largest absolute Gasteiger partial charge is 0.508 e. The Morgan fingerprint density at radius 1 is 1.24 bits per heavy atom. The van der Waals surface area contributed by atoms with Gasteiger partial charge in [-0.15, -0.1) is 0 Å². The first-order valence-corrected chi connectivity index (χ1v) is 11.0. The number of hydrogen-bond donors (Lipinski definition) is 1. The van der Waals surface area contributed by atoms with Crippen molar-refractivity contribution in [2.75, 3.05) is 26.2 Å². The number of benzene rings is 1. The molecule has 1 saturated heterocycles. The van der Waals surface area contributed by atoms with Gasteiger partial charge in [0.1, 0.15) is 9.57 Å². The molecule has 1 aromatic heterocycles. The minimum Gasteiger partial charge on any atom is -0.508 e. The van der Waals surface area contributed by atoms with Gasteiger partial charge in [0.05, 0.1) is 4.88 Å². The fourth-order valence-electron chi connectivity index (χ4n) is 3.04. The number of piperazine rings is 1. The van der Waals surface area contributed by atoms with Crippen LogP contribution < -0.4 is 0 Å².